The van der Waals surface area contributed by atoms with Crippen molar-refractivity contribution in [1.82, 2.24) is 15.3 Å². The van der Waals surface area contributed by atoms with E-state index in [1.54, 1.807) is 18.2 Å². The van der Waals surface area contributed by atoms with Crippen molar-refractivity contribution in [2.24, 2.45) is 0 Å². The molecular weight excluding hydrogens is 345 g/mol. The number of rotatable bonds is 5. The highest BCUT2D eigenvalue weighted by molar-refractivity contribution is 5.92. The molecule has 2 N–H and O–H groups in total. The number of aromatic nitrogens is 2. The maximum absolute atomic E-state index is 13.7. The minimum absolute atomic E-state index is 0.0276. The van der Waals surface area contributed by atoms with Gasteiger partial charge in [0.2, 0.25) is 0 Å². The van der Waals surface area contributed by atoms with Gasteiger partial charge in [-0.05, 0) is 18.2 Å². The first-order valence-electron chi connectivity index (χ1n) is 7.59. The number of carbonyl (C=O) groups excluding carboxylic acids is 1. The van der Waals surface area contributed by atoms with Gasteiger partial charge in [0.05, 0.1) is 0 Å². The van der Waals surface area contributed by atoms with Crippen LogP contribution in [0.25, 0.3) is 0 Å². The zero-order valence-electron chi connectivity index (χ0n) is 13.3. The fraction of sp³-hybridized carbons (Fsp3) is 0.0556. The van der Waals surface area contributed by atoms with E-state index in [0.29, 0.717) is 5.56 Å². The zero-order chi connectivity index (χ0) is 18.5. The first kappa shape index (κ1) is 17.4. The largest absolute Gasteiger partial charge is 0.347 e. The lowest BCUT2D eigenvalue weighted by atomic mass is 10.2. The van der Waals surface area contributed by atoms with Crippen LogP contribution in [0.3, 0.4) is 0 Å². The number of hydrogen-bond acceptors (Lipinski definition) is 4. The average molecular weight is 358 g/mol. The molecule has 5 nitrogen and oxygen atoms in total. The second-order valence-corrected chi connectivity index (χ2v) is 5.28. The van der Waals surface area contributed by atoms with Gasteiger partial charge in [0.25, 0.3) is 5.91 Å². The molecule has 1 heterocycles. The highest BCUT2D eigenvalue weighted by Crippen LogP contribution is 2.22. The molecule has 0 bridgehead atoms. The maximum Gasteiger partial charge on any atom is 0.270 e. The number of hydrogen-bond donors (Lipinski definition) is 2. The summed E-state index contributed by atoms with van der Waals surface area (Å²) in [6.45, 7) is -0.0276. The molecule has 0 aliphatic rings. The monoisotopic (exact) mass is 358 g/mol. The first-order chi connectivity index (χ1) is 12.5. The van der Waals surface area contributed by atoms with Crippen molar-refractivity contribution >= 4 is 17.4 Å². The molecule has 0 fully saturated rings. The van der Waals surface area contributed by atoms with Gasteiger partial charge in [-0.15, -0.1) is 0 Å². The molecule has 1 aromatic heterocycles. The second-order valence-electron chi connectivity index (χ2n) is 5.28. The molecule has 132 valence electrons. The molecular formula is C18H13F3N4O. The van der Waals surface area contributed by atoms with Crippen LogP contribution in [0.5, 0.6) is 0 Å². The van der Waals surface area contributed by atoms with E-state index in [1.165, 1.54) is 18.2 Å². The number of benzene rings is 2. The van der Waals surface area contributed by atoms with E-state index in [9.17, 15) is 18.0 Å². The molecule has 1 amide bonds. The van der Waals surface area contributed by atoms with Crippen LogP contribution in [-0.4, -0.2) is 15.9 Å². The van der Waals surface area contributed by atoms with Crippen molar-refractivity contribution in [2.45, 2.75) is 6.54 Å². The van der Waals surface area contributed by atoms with E-state index in [2.05, 4.69) is 20.6 Å². The third-order valence-electron chi connectivity index (χ3n) is 3.51. The third kappa shape index (κ3) is 3.97. The highest BCUT2D eigenvalue weighted by Gasteiger charge is 2.13. The Kier molecular flexibility index (Phi) is 5.12. The first-order valence-corrected chi connectivity index (χ1v) is 7.59. The fourth-order valence-corrected chi connectivity index (χ4v) is 2.20. The summed E-state index contributed by atoms with van der Waals surface area (Å²) >= 11 is 0. The van der Waals surface area contributed by atoms with E-state index in [4.69, 9.17) is 0 Å². The lowest BCUT2D eigenvalue weighted by Crippen LogP contribution is -2.24. The predicted molar refractivity (Wildman–Crippen MR) is 89.2 cm³/mol. The van der Waals surface area contributed by atoms with E-state index < -0.39 is 23.4 Å². The van der Waals surface area contributed by atoms with E-state index >= 15 is 0 Å². The van der Waals surface area contributed by atoms with Crippen molar-refractivity contribution in [1.29, 1.82) is 0 Å². The van der Waals surface area contributed by atoms with E-state index in [-0.39, 0.29) is 23.7 Å². The average Bonchev–Trinajstić information content (AvgIpc) is 2.64. The van der Waals surface area contributed by atoms with Crippen LogP contribution in [0.1, 0.15) is 16.1 Å². The Hall–Kier alpha value is -3.42. The Bertz CT molecular complexity index is 929. The third-order valence-corrected chi connectivity index (χ3v) is 3.51. The molecule has 0 aliphatic heterocycles. The van der Waals surface area contributed by atoms with Gasteiger partial charge in [0.15, 0.2) is 0 Å². The Morgan fingerprint density at radius 3 is 2.35 bits per heavy atom. The Morgan fingerprint density at radius 1 is 0.923 bits per heavy atom. The highest BCUT2D eigenvalue weighted by atomic mass is 19.1. The van der Waals surface area contributed by atoms with Crippen LogP contribution < -0.4 is 10.6 Å². The summed E-state index contributed by atoms with van der Waals surface area (Å²) in [6, 6.07) is 10.7. The topological polar surface area (TPSA) is 66.9 Å². The van der Waals surface area contributed by atoms with Crippen LogP contribution in [0, 0.1) is 17.5 Å². The Balaban J connectivity index is 1.72. The molecule has 3 rings (SSSR count). The lowest BCUT2D eigenvalue weighted by Gasteiger charge is -2.09. The van der Waals surface area contributed by atoms with Gasteiger partial charge in [-0.2, -0.15) is 0 Å². The Labute approximate surface area is 146 Å². The van der Waals surface area contributed by atoms with Gasteiger partial charge in [0.1, 0.15) is 41.0 Å². The molecule has 0 saturated carbocycles. The van der Waals surface area contributed by atoms with E-state index in [0.717, 1.165) is 18.5 Å². The molecule has 3 aromatic rings. The molecule has 8 heteroatoms. The number of para-hydroxylation sites is 1. The van der Waals surface area contributed by atoms with Crippen molar-refractivity contribution in [3.8, 4) is 0 Å². The number of nitrogens with one attached hydrogen (secondary N) is 2. The zero-order valence-corrected chi connectivity index (χ0v) is 13.3. The summed E-state index contributed by atoms with van der Waals surface area (Å²) in [5.74, 6) is -2.57. The van der Waals surface area contributed by atoms with Crippen LogP contribution in [0.4, 0.5) is 24.7 Å². The van der Waals surface area contributed by atoms with E-state index in [1.807, 2.05) is 0 Å². The van der Waals surface area contributed by atoms with Gasteiger partial charge in [-0.1, -0.05) is 24.3 Å². The van der Waals surface area contributed by atoms with Crippen LogP contribution in [-0.2, 0) is 6.54 Å². The molecule has 0 unspecified atom stereocenters. The predicted octanol–water partition coefficient (Wildman–Crippen LogP) is 3.57. The van der Waals surface area contributed by atoms with Crippen molar-refractivity contribution < 1.29 is 18.0 Å². The summed E-state index contributed by atoms with van der Waals surface area (Å²) in [7, 11) is 0. The van der Waals surface area contributed by atoms with Gasteiger partial charge in [-0.3, -0.25) is 4.79 Å². The Morgan fingerprint density at radius 2 is 1.62 bits per heavy atom. The summed E-state index contributed by atoms with van der Waals surface area (Å²) in [4.78, 5) is 19.8. The quantitative estimate of drug-likeness (QED) is 0.732. The van der Waals surface area contributed by atoms with Gasteiger partial charge < -0.3 is 10.6 Å². The van der Waals surface area contributed by atoms with Gasteiger partial charge in [-0.25, -0.2) is 23.1 Å². The van der Waals surface area contributed by atoms with Crippen LogP contribution in [0.15, 0.2) is 54.9 Å². The van der Waals surface area contributed by atoms with Crippen LogP contribution in [0.2, 0.25) is 0 Å². The van der Waals surface area contributed by atoms with Gasteiger partial charge >= 0.3 is 0 Å². The van der Waals surface area contributed by atoms with Crippen molar-refractivity contribution in [3.63, 3.8) is 0 Å². The molecule has 0 atom stereocenters. The SMILES string of the molecule is O=C(NCc1ccccc1F)c1cc(Nc2c(F)cccc2F)ncn1. The smallest absolute Gasteiger partial charge is 0.270 e. The van der Waals surface area contributed by atoms with Crippen LogP contribution >= 0.6 is 0 Å². The minimum atomic E-state index is -0.797. The summed E-state index contributed by atoms with van der Waals surface area (Å²) < 4.78 is 40.9. The standard InChI is InChI=1S/C18H13F3N4O/c19-12-5-2-1-4-11(12)9-22-18(26)15-8-16(24-10-23-15)25-17-13(20)6-3-7-14(17)21/h1-8,10H,9H2,(H,22,26)(H,23,24,25). The number of nitrogens with zero attached hydrogens (tertiary/aromatic N) is 2. The van der Waals surface area contributed by atoms with Crippen molar-refractivity contribution in [3.05, 3.63) is 83.6 Å². The summed E-state index contributed by atoms with van der Waals surface area (Å²) in [6.07, 6.45) is 1.08. The fourth-order valence-electron chi connectivity index (χ4n) is 2.20. The normalized spacial score (nSPS) is 10.4. The lowest BCUT2D eigenvalue weighted by molar-refractivity contribution is 0.0945. The molecule has 0 aliphatic carbocycles. The number of carbonyl (C=O) groups is 1. The maximum atomic E-state index is 13.7. The molecule has 2 aromatic carbocycles. The number of amides is 1. The number of anilines is 2. The second kappa shape index (κ2) is 7.64. The van der Waals surface area contributed by atoms with Gasteiger partial charge in [0, 0.05) is 18.2 Å². The molecule has 26 heavy (non-hydrogen) atoms. The minimum Gasteiger partial charge on any atom is -0.347 e. The number of halogens is 3. The summed E-state index contributed by atoms with van der Waals surface area (Å²) in [5.41, 5.74) is -0.0961. The molecule has 0 saturated heterocycles. The van der Waals surface area contributed by atoms with Crippen molar-refractivity contribution in [2.75, 3.05) is 5.32 Å². The molecule has 0 spiro atoms. The molecule has 0 radical (unpaired) electrons. The summed E-state index contributed by atoms with van der Waals surface area (Å²) in [5, 5.41) is 5.00.